The van der Waals surface area contributed by atoms with E-state index in [4.69, 9.17) is 11.5 Å². The minimum Gasteiger partial charge on any atom is -0.375 e. The van der Waals surface area contributed by atoms with Gasteiger partial charge in [-0.15, -0.1) is 11.3 Å². The molecule has 0 atom stereocenters. The normalized spacial score (nSPS) is 10.2. The summed E-state index contributed by atoms with van der Waals surface area (Å²) in [5.74, 6) is 0. The van der Waals surface area contributed by atoms with E-state index in [0.717, 1.165) is 17.0 Å². The number of nitrogens with zero attached hydrogens (tertiary/aromatic N) is 1. The van der Waals surface area contributed by atoms with Gasteiger partial charge in [0, 0.05) is 11.4 Å². The third-order valence-electron chi connectivity index (χ3n) is 1.32. The SMILES string of the molecule is CCc1nc(N)sc1CN. The molecule has 0 aliphatic heterocycles. The van der Waals surface area contributed by atoms with Crippen LogP contribution in [-0.2, 0) is 13.0 Å². The summed E-state index contributed by atoms with van der Waals surface area (Å²) in [7, 11) is 0. The Morgan fingerprint density at radius 3 is 2.70 bits per heavy atom. The van der Waals surface area contributed by atoms with Gasteiger partial charge in [0.1, 0.15) is 0 Å². The Balaban J connectivity index is 2.96. The van der Waals surface area contributed by atoms with E-state index >= 15 is 0 Å². The molecule has 0 saturated heterocycles. The summed E-state index contributed by atoms with van der Waals surface area (Å²) in [5, 5.41) is 0.623. The van der Waals surface area contributed by atoms with Crippen molar-refractivity contribution >= 4 is 16.5 Å². The molecule has 0 saturated carbocycles. The molecule has 4 N–H and O–H groups in total. The third-order valence-corrected chi connectivity index (χ3v) is 2.26. The maximum Gasteiger partial charge on any atom is 0.180 e. The van der Waals surface area contributed by atoms with Crippen molar-refractivity contribution in [3.8, 4) is 0 Å². The molecule has 0 aliphatic carbocycles. The number of anilines is 1. The van der Waals surface area contributed by atoms with Crippen LogP contribution >= 0.6 is 11.3 Å². The maximum atomic E-state index is 5.48. The summed E-state index contributed by atoms with van der Waals surface area (Å²) < 4.78 is 0. The first-order chi connectivity index (χ1) is 4.77. The number of aryl methyl sites for hydroxylation is 1. The first kappa shape index (κ1) is 7.50. The number of nitrogen functional groups attached to an aromatic ring is 1. The fourth-order valence-corrected chi connectivity index (χ4v) is 1.64. The highest BCUT2D eigenvalue weighted by atomic mass is 32.1. The van der Waals surface area contributed by atoms with Crippen molar-refractivity contribution in [3.63, 3.8) is 0 Å². The maximum absolute atomic E-state index is 5.48. The molecule has 0 bridgehead atoms. The standard InChI is InChI=1S/C6H11N3S/c1-2-4-5(3-7)10-6(8)9-4/h2-3,7H2,1H3,(H2,8,9). The Hall–Kier alpha value is -0.610. The highest BCUT2D eigenvalue weighted by molar-refractivity contribution is 7.15. The van der Waals surface area contributed by atoms with Gasteiger partial charge < -0.3 is 11.5 Å². The first-order valence-electron chi connectivity index (χ1n) is 3.22. The molecule has 0 aromatic carbocycles. The molecule has 0 aliphatic rings. The molecule has 0 unspecified atom stereocenters. The molecule has 0 amide bonds. The molecule has 1 heterocycles. The quantitative estimate of drug-likeness (QED) is 0.665. The largest absolute Gasteiger partial charge is 0.375 e. The Labute approximate surface area is 64.1 Å². The molecule has 4 heteroatoms. The van der Waals surface area contributed by atoms with Gasteiger partial charge in [-0.25, -0.2) is 4.98 Å². The van der Waals surface area contributed by atoms with Gasteiger partial charge in [0.05, 0.1) is 5.69 Å². The van der Waals surface area contributed by atoms with Crippen LogP contribution in [0, 0.1) is 0 Å². The van der Waals surface area contributed by atoms with E-state index in [1.165, 1.54) is 11.3 Å². The highest BCUT2D eigenvalue weighted by Gasteiger charge is 2.04. The minimum atomic E-state index is 0.554. The number of thiazole rings is 1. The van der Waals surface area contributed by atoms with Crippen molar-refractivity contribution in [2.45, 2.75) is 19.9 Å². The lowest BCUT2D eigenvalue weighted by molar-refractivity contribution is 0.990. The number of hydrogen-bond acceptors (Lipinski definition) is 4. The Bertz CT molecular complexity index is 197. The average molecular weight is 157 g/mol. The summed E-state index contributed by atoms with van der Waals surface area (Å²) in [4.78, 5) is 5.23. The zero-order valence-electron chi connectivity index (χ0n) is 5.92. The van der Waals surface area contributed by atoms with E-state index in [1.807, 2.05) is 6.92 Å². The molecule has 0 spiro atoms. The molecule has 1 rings (SSSR count). The summed E-state index contributed by atoms with van der Waals surface area (Å²) in [6.07, 6.45) is 0.917. The number of nitrogens with two attached hydrogens (primary N) is 2. The second kappa shape index (κ2) is 2.98. The van der Waals surface area contributed by atoms with Gasteiger partial charge in [0.15, 0.2) is 5.13 Å². The lowest BCUT2D eigenvalue weighted by atomic mass is 10.3. The van der Waals surface area contributed by atoms with Gasteiger partial charge in [-0.05, 0) is 6.42 Å². The zero-order chi connectivity index (χ0) is 7.56. The second-order valence-corrected chi connectivity index (χ2v) is 3.09. The first-order valence-corrected chi connectivity index (χ1v) is 4.03. The smallest absolute Gasteiger partial charge is 0.180 e. The van der Waals surface area contributed by atoms with Crippen LogP contribution in [0.25, 0.3) is 0 Å². The number of rotatable bonds is 2. The van der Waals surface area contributed by atoms with Gasteiger partial charge in [-0.2, -0.15) is 0 Å². The van der Waals surface area contributed by atoms with Crippen LogP contribution in [0.15, 0.2) is 0 Å². The molecule has 3 nitrogen and oxygen atoms in total. The lowest BCUT2D eigenvalue weighted by Gasteiger charge is -1.90. The molecule has 56 valence electrons. The Kier molecular flexibility index (Phi) is 2.24. The van der Waals surface area contributed by atoms with Crippen LogP contribution in [0.3, 0.4) is 0 Å². The summed E-state index contributed by atoms with van der Waals surface area (Å²) >= 11 is 1.48. The lowest BCUT2D eigenvalue weighted by Crippen LogP contribution is -1.96. The van der Waals surface area contributed by atoms with Gasteiger partial charge in [0.25, 0.3) is 0 Å². The van der Waals surface area contributed by atoms with Gasteiger partial charge >= 0.3 is 0 Å². The fourth-order valence-electron chi connectivity index (χ4n) is 0.839. The monoisotopic (exact) mass is 157 g/mol. The third kappa shape index (κ3) is 1.27. The molecule has 10 heavy (non-hydrogen) atoms. The zero-order valence-corrected chi connectivity index (χ0v) is 6.74. The minimum absolute atomic E-state index is 0.554. The predicted octanol–water partition coefficient (Wildman–Crippen LogP) is 0.746. The molecule has 1 aromatic rings. The van der Waals surface area contributed by atoms with E-state index in [9.17, 15) is 0 Å². The van der Waals surface area contributed by atoms with E-state index in [1.54, 1.807) is 0 Å². The predicted molar refractivity (Wildman–Crippen MR) is 43.8 cm³/mol. The molecular weight excluding hydrogens is 146 g/mol. The van der Waals surface area contributed by atoms with E-state index in [2.05, 4.69) is 4.98 Å². The van der Waals surface area contributed by atoms with Crippen LogP contribution in [0.2, 0.25) is 0 Å². The molecule has 1 aromatic heterocycles. The van der Waals surface area contributed by atoms with Crippen molar-refractivity contribution in [2.24, 2.45) is 5.73 Å². The van der Waals surface area contributed by atoms with Crippen LogP contribution in [0.4, 0.5) is 5.13 Å². The van der Waals surface area contributed by atoms with Crippen LogP contribution in [-0.4, -0.2) is 4.98 Å². The Morgan fingerprint density at radius 2 is 2.30 bits per heavy atom. The van der Waals surface area contributed by atoms with Crippen molar-refractivity contribution in [1.82, 2.24) is 4.98 Å². The van der Waals surface area contributed by atoms with Crippen LogP contribution in [0.5, 0.6) is 0 Å². The summed E-state index contributed by atoms with van der Waals surface area (Å²) in [5.41, 5.74) is 12.0. The van der Waals surface area contributed by atoms with Gasteiger partial charge in [0.2, 0.25) is 0 Å². The fraction of sp³-hybridized carbons (Fsp3) is 0.500. The molecular formula is C6H11N3S. The van der Waals surface area contributed by atoms with E-state index < -0.39 is 0 Å². The van der Waals surface area contributed by atoms with E-state index in [-0.39, 0.29) is 0 Å². The molecule has 0 radical (unpaired) electrons. The summed E-state index contributed by atoms with van der Waals surface area (Å²) in [6, 6.07) is 0. The topological polar surface area (TPSA) is 64.9 Å². The van der Waals surface area contributed by atoms with Gasteiger partial charge in [-0.1, -0.05) is 6.92 Å². The van der Waals surface area contributed by atoms with E-state index in [0.29, 0.717) is 11.7 Å². The number of aromatic nitrogens is 1. The van der Waals surface area contributed by atoms with Crippen molar-refractivity contribution < 1.29 is 0 Å². The Morgan fingerprint density at radius 1 is 1.60 bits per heavy atom. The van der Waals surface area contributed by atoms with Gasteiger partial charge in [-0.3, -0.25) is 0 Å². The molecule has 0 fully saturated rings. The van der Waals surface area contributed by atoms with Crippen LogP contribution < -0.4 is 11.5 Å². The highest BCUT2D eigenvalue weighted by Crippen LogP contribution is 2.19. The van der Waals surface area contributed by atoms with Crippen molar-refractivity contribution in [2.75, 3.05) is 5.73 Å². The van der Waals surface area contributed by atoms with Crippen molar-refractivity contribution in [1.29, 1.82) is 0 Å². The summed E-state index contributed by atoms with van der Waals surface area (Å²) in [6.45, 7) is 2.60. The van der Waals surface area contributed by atoms with Crippen molar-refractivity contribution in [3.05, 3.63) is 10.6 Å². The second-order valence-electron chi connectivity index (χ2n) is 1.98. The average Bonchev–Trinajstić information content (AvgIpc) is 2.30. The number of hydrogen-bond donors (Lipinski definition) is 2. The van der Waals surface area contributed by atoms with Crippen LogP contribution in [0.1, 0.15) is 17.5 Å².